The van der Waals surface area contributed by atoms with Crippen molar-refractivity contribution in [1.29, 1.82) is 0 Å². The molecule has 0 heterocycles. The Labute approximate surface area is 97.0 Å². The third kappa shape index (κ3) is 7.68. The number of hydrogen-bond acceptors (Lipinski definition) is 3. The van der Waals surface area contributed by atoms with E-state index in [1.807, 2.05) is 13.8 Å². The standard InChI is InChI=1S/C11H23NO2S/c1-5-6-8(2)12-11(14)7-15-10(4)9(3)13/h8-10,13H,5-7H2,1-4H3,(H,12,14). The molecular weight excluding hydrogens is 210 g/mol. The lowest BCUT2D eigenvalue weighted by Crippen LogP contribution is -2.34. The lowest BCUT2D eigenvalue weighted by Gasteiger charge is -2.16. The first-order valence-corrected chi connectivity index (χ1v) is 6.61. The van der Waals surface area contributed by atoms with Gasteiger partial charge in [-0.2, -0.15) is 0 Å². The van der Waals surface area contributed by atoms with Crippen LogP contribution in [0.4, 0.5) is 0 Å². The highest BCUT2D eigenvalue weighted by Crippen LogP contribution is 2.13. The maximum Gasteiger partial charge on any atom is 0.230 e. The van der Waals surface area contributed by atoms with Crippen LogP contribution in [0.2, 0.25) is 0 Å². The highest BCUT2D eigenvalue weighted by molar-refractivity contribution is 8.00. The molecule has 4 heteroatoms. The van der Waals surface area contributed by atoms with Crippen LogP contribution in [-0.4, -0.2) is 34.2 Å². The van der Waals surface area contributed by atoms with Gasteiger partial charge in [0.1, 0.15) is 0 Å². The second kappa shape index (κ2) is 7.99. The molecule has 0 aromatic rings. The summed E-state index contributed by atoms with van der Waals surface area (Å²) in [5, 5.41) is 12.3. The summed E-state index contributed by atoms with van der Waals surface area (Å²) in [6.45, 7) is 7.80. The molecule has 3 nitrogen and oxygen atoms in total. The number of aliphatic hydroxyl groups excluding tert-OH is 1. The van der Waals surface area contributed by atoms with Crippen molar-refractivity contribution in [2.24, 2.45) is 0 Å². The van der Waals surface area contributed by atoms with Crippen molar-refractivity contribution in [3.63, 3.8) is 0 Å². The molecule has 0 saturated carbocycles. The number of nitrogens with one attached hydrogen (secondary N) is 1. The summed E-state index contributed by atoms with van der Waals surface area (Å²) in [5.41, 5.74) is 0. The minimum Gasteiger partial charge on any atom is -0.392 e. The summed E-state index contributed by atoms with van der Waals surface area (Å²) in [7, 11) is 0. The van der Waals surface area contributed by atoms with E-state index in [2.05, 4.69) is 12.2 Å². The zero-order valence-electron chi connectivity index (χ0n) is 10.1. The van der Waals surface area contributed by atoms with E-state index in [1.165, 1.54) is 11.8 Å². The Morgan fingerprint density at radius 3 is 2.47 bits per heavy atom. The van der Waals surface area contributed by atoms with Gasteiger partial charge in [-0.05, 0) is 20.3 Å². The molecule has 90 valence electrons. The van der Waals surface area contributed by atoms with Crippen molar-refractivity contribution in [3.05, 3.63) is 0 Å². The van der Waals surface area contributed by atoms with Crippen molar-refractivity contribution in [2.75, 3.05) is 5.75 Å². The molecule has 0 aliphatic rings. The van der Waals surface area contributed by atoms with Crippen LogP contribution < -0.4 is 5.32 Å². The van der Waals surface area contributed by atoms with Gasteiger partial charge in [-0.25, -0.2) is 0 Å². The number of rotatable bonds is 7. The van der Waals surface area contributed by atoms with Crippen molar-refractivity contribution >= 4 is 17.7 Å². The first-order chi connectivity index (χ1) is 6.97. The highest BCUT2D eigenvalue weighted by Gasteiger charge is 2.12. The van der Waals surface area contributed by atoms with Gasteiger partial charge in [-0.15, -0.1) is 11.8 Å². The summed E-state index contributed by atoms with van der Waals surface area (Å²) in [4.78, 5) is 11.4. The predicted molar refractivity (Wildman–Crippen MR) is 66.1 cm³/mol. The molecule has 3 atom stereocenters. The van der Waals surface area contributed by atoms with Gasteiger partial charge in [-0.3, -0.25) is 4.79 Å². The van der Waals surface area contributed by atoms with Crippen LogP contribution in [0.15, 0.2) is 0 Å². The van der Waals surface area contributed by atoms with Crippen molar-refractivity contribution in [2.45, 2.75) is 57.9 Å². The zero-order chi connectivity index (χ0) is 11.8. The largest absolute Gasteiger partial charge is 0.392 e. The number of carbonyl (C=O) groups is 1. The van der Waals surface area contributed by atoms with Gasteiger partial charge in [0.2, 0.25) is 5.91 Å². The minimum atomic E-state index is -0.365. The summed E-state index contributed by atoms with van der Waals surface area (Å²) < 4.78 is 0. The Hall–Kier alpha value is -0.220. The van der Waals surface area contributed by atoms with Gasteiger partial charge in [0.05, 0.1) is 11.9 Å². The number of hydrogen-bond donors (Lipinski definition) is 2. The van der Waals surface area contributed by atoms with Crippen molar-refractivity contribution in [3.8, 4) is 0 Å². The Morgan fingerprint density at radius 1 is 1.40 bits per heavy atom. The molecule has 0 aliphatic carbocycles. The Morgan fingerprint density at radius 2 is 2.00 bits per heavy atom. The van der Waals surface area contributed by atoms with Crippen LogP contribution in [0.1, 0.15) is 40.5 Å². The Balaban J connectivity index is 3.66. The summed E-state index contributed by atoms with van der Waals surface area (Å²) in [6, 6.07) is 0.255. The van der Waals surface area contributed by atoms with Crippen LogP contribution in [0, 0.1) is 0 Å². The van der Waals surface area contributed by atoms with Crippen molar-refractivity contribution < 1.29 is 9.90 Å². The molecule has 0 radical (unpaired) electrons. The minimum absolute atomic E-state index is 0.0634. The Bertz CT molecular complexity index is 185. The van der Waals surface area contributed by atoms with Crippen LogP contribution in [0.5, 0.6) is 0 Å². The van der Waals surface area contributed by atoms with Gasteiger partial charge in [-0.1, -0.05) is 20.3 Å². The molecule has 1 amide bonds. The number of thioether (sulfide) groups is 1. The van der Waals surface area contributed by atoms with Gasteiger partial charge < -0.3 is 10.4 Å². The average Bonchev–Trinajstić information content (AvgIpc) is 2.14. The van der Waals surface area contributed by atoms with Crippen LogP contribution in [0.3, 0.4) is 0 Å². The number of aliphatic hydroxyl groups is 1. The smallest absolute Gasteiger partial charge is 0.230 e. The summed E-state index contributed by atoms with van der Waals surface area (Å²) >= 11 is 1.49. The molecule has 0 spiro atoms. The van der Waals surface area contributed by atoms with E-state index in [-0.39, 0.29) is 23.3 Å². The third-order valence-electron chi connectivity index (χ3n) is 2.29. The fraction of sp³-hybridized carbons (Fsp3) is 0.909. The fourth-order valence-electron chi connectivity index (χ4n) is 1.17. The molecule has 15 heavy (non-hydrogen) atoms. The molecule has 0 aromatic carbocycles. The summed E-state index contributed by atoms with van der Waals surface area (Å²) in [6.07, 6.45) is 1.73. The lowest BCUT2D eigenvalue weighted by atomic mass is 10.2. The maximum atomic E-state index is 11.4. The first kappa shape index (κ1) is 14.8. The first-order valence-electron chi connectivity index (χ1n) is 5.56. The molecule has 2 N–H and O–H groups in total. The fourth-order valence-corrected chi connectivity index (χ4v) is 1.94. The highest BCUT2D eigenvalue weighted by atomic mass is 32.2. The zero-order valence-corrected chi connectivity index (χ0v) is 10.9. The molecule has 0 bridgehead atoms. The second-order valence-corrected chi connectivity index (χ2v) is 5.38. The lowest BCUT2D eigenvalue weighted by molar-refractivity contribution is -0.119. The molecule has 0 rings (SSSR count). The van der Waals surface area contributed by atoms with E-state index in [1.54, 1.807) is 6.92 Å². The van der Waals surface area contributed by atoms with Gasteiger partial charge >= 0.3 is 0 Å². The second-order valence-electron chi connectivity index (χ2n) is 4.01. The average molecular weight is 233 g/mol. The predicted octanol–water partition coefficient (Wildman–Crippen LogP) is 1.79. The van der Waals surface area contributed by atoms with Gasteiger partial charge in [0.25, 0.3) is 0 Å². The van der Waals surface area contributed by atoms with E-state index in [9.17, 15) is 9.90 Å². The van der Waals surface area contributed by atoms with Crippen LogP contribution in [-0.2, 0) is 4.79 Å². The van der Waals surface area contributed by atoms with Gasteiger partial charge in [0.15, 0.2) is 0 Å². The quantitative estimate of drug-likeness (QED) is 0.705. The SMILES string of the molecule is CCCC(C)NC(=O)CSC(C)C(C)O. The van der Waals surface area contributed by atoms with Crippen LogP contribution in [0.25, 0.3) is 0 Å². The summed E-state index contributed by atoms with van der Waals surface area (Å²) in [5.74, 6) is 0.494. The monoisotopic (exact) mass is 233 g/mol. The molecule has 3 unspecified atom stereocenters. The molecule has 0 fully saturated rings. The van der Waals surface area contributed by atoms with E-state index in [4.69, 9.17) is 0 Å². The molecular formula is C11H23NO2S. The van der Waals surface area contributed by atoms with Crippen molar-refractivity contribution in [1.82, 2.24) is 5.32 Å². The van der Waals surface area contributed by atoms with Crippen LogP contribution >= 0.6 is 11.8 Å². The normalized spacial score (nSPS) is 16.9. The topological polar surface area (TPSA) is 49.3 Å². The third-order valence-corrected chi connectivity index (χ3v) is 3.63. The number of carbonyl (C=O) groups excluding carboxylic acids is 1. The van der Waals surface area contributed by atoms with E-state index in [0.29, 0.717) is 5.75 Å². The van der Waals surface area contributed by atoms with E-state index in [0.717, 1.165) is 12.8 Å². The maximum absolute atomic E-state index is 11.4. The van der Waals surface area contributed by atoms with E-state index < -0.39 is 0 Å². The molecule has 0 aromatic heterocycles. The molecule has 0 aliphatic heterocycles. The van der Waals surface area contributed by atoms with Gasteiger partial charge in [0, 0.05) is 11.3 Å². The Kier molecular flexibility index (Phi) is 7.88. The molecule has 0 saturated heterocycles. The van der Waals surface area contributed by atoms with E-state index >= 15 is 0 Å². The number of amides is 1.